The Morgan fingerprint density at radius 2 is 1.93 bits per heavy atom. The Kier molecular flexibility index (Phi) is 9.85. The lowest BCUT2D eigenvalue weighted by Crippen LogP contribution is -2.46. The summed E-state index contributed by atoms with van der Waals surface area (Å²) in [4.78, 5) is 6.75. The molecular weight excluding hydrogens is 524 g/mol. The van der Waals surface area contributed by atoms with Crippen LogP contribution < -0.4 is 10.1 Å². The minimum absolute atomic E-state index is 0. The first-order chi connectivity index (χ1) is 13.5. The molecule has 2 heterocycles. The summed E-state index contributed by atoms with van der Waals surface area (Å²) >= 11 is 12.1. The first-order valence-electron chi connectivity index (χ1n) is 9.55. The van der Waals surface area contributed by atoms with Gasteiger partial charge in [-0.3, -0.25) is 9.67 Å². The molecular formula is C20H28Cl2IN5O. The molecule has 0 aliphatic carbocycles. The van der Waals surface area contributed by atoms with E-state index in [2.05, 4.69) is 20.3 Å². The fourth-order valence-corrected chi connectivity index (χ4v) is 3.90. The second-order valence-corrected chi connectivity index (χ2v) is 7.97. The fraction of sp³-hybridized carbons (Fsp3) is 0.500. The maximum absolute atomic E-state index is 6.03. The zero-order chi connectivity index (χ0) is 19.9. The van der Waals surface area contributed by atoms with Gasteiger partial charge >= 0.3 is 0 Å². The smallest absolute Gasteiger partial charge is 0.193 e. The molecule has 1 aromatic heterocycles. The molecule has 29 heavy (non-hydrogen) atoms. The summed E-state index contributed by atoms with van der Waals surface area (Å²) in [7, 11) is 3.77. The molecule has 160 valence electrons. The predicted molar refractivity (Wildman–Crippen MR) is 130 cm³/mol. The van der Waals surface area contributed by atoms with E-state index in [4.69, 9.17) is 27.9 Å². The molecule has 1 fully saturated rings. The van der Waals surface area contributed by atoms with Gasteiger partial charge in [0.2, 0.25) is 0 Å². The molecule has 6 nitrogen and oxygen atoms in total. The number of hydrogen-bond donors (Lipinski definition) is 1. The Morgan fingerprint density at radius 3 is 2.52 bits per heavy atom. The first-order valence-corrected chi connectivity index (χ1v) is 10.3. The number of guanidine groups is 1. The molecule has 0 atom stereocenters. The van der Waals surface area contributed by atoms with E-state index in [1.54, 1.807) is 18.2 Å². The predicted octanol–water partition coefficient (Wildman–Crippen LogP) is 4.25. The van der Waals surface area contributed by atoms with Crippen molar-refractivity contribution in [3.63, 3.8) is 0 Å². The van der Waals surface area contributed by atoms with E-state index in [-0.39, 0.29) is 24.0 Å². The van der Waals surface area contributed by atoms with E-state index in [1.165, 1.54) is 5.56 Å². The molecule has 3 rings (SSSR count). The number of piperidine rings is 1. The Balaban J connectivity index is 0.00000300. The van der Waals surface area contributed by atoms with Gasteiger partial charge in [-0.2, -0.15) is 5.10 Å². The third-order valence-electron chi connectivity index (χ3n) is 4.90. The van der Waals surface area contributed by atoms with Gasteiger partial charge in [0.1, 0.15) is 5.75 Å². The monoisotopic (exact) mass is 551 g/mol. The van der Waals surface area contributed by atoms with Gasteiger partial charge in [-0.25, -0.2) is 0 Å². The molecule has 0 saturated carbocycles. The molecule has 0 bridgehead atoms. The van der Waals surface area contributed by atoms with E-state index < -0.39 is 0 Å². The highest BCUT2D eigenvalue weighted by atomic mass is 127. The van der Waals surface area contributed by atoms with E-state index in [9.17, 15) is 0 Å². The van der Waals surface area contributed by atoms with Gasteiger partial charge in [-0.05, 0) is 48.9 Å². The summed E-state index contributed by atoms with van der Waals surface area (Å²) in [5, 5.41) is 8.86. The molecule has 0 unspecified atom stereocenters. The van der Waals surface area contributed by atoms with Crippen molar-refractivity contribution in [2.45, 2.75) is 19.3 Å². The van der Waals surface area contributed by atoms with Crippen molar-refractivity contribution in [1.82, 2.24) is 20.0 Å². The number of likely N-dealkylation sites (tertiary alicyclic amines) is 1. The molecule has 0 spiro atoms. The van der Waals surface area contributed by atoms with Crippen molar-refractivity contribution >= 4 is 53.1 Å². The van der Waals surface area contributed by atoms with Crippen molar-refractivity contribution in [3.05, 3.63) is 46.2 Å². The summed E-state index contributed by atoms with van der Waals surface area (Å²) in [5.41, 5.74) is 1.22. The van der Waals surface area contributed by atoms with Gasteiger partial charge in [0.05, 0.1) is 12.8 Å². The van der Waals surface area contributed by atoms with E-state index in [0.29, 0.717) is 22.6 Å². The van der Waals surface area contributed by atoms with Crippen LogP contribution in [-0.4, -0.2) is 53.9 Å². The van der Waals surface area contributed by atoms with Crippen LogP contribution in [0.2, 0.25) is 10.0 Å². The molecule has 9 heteroatoms. The van der Waals surface area contributed by atoms with Crippen LogP contribution in [0.4, 0.5) is 0 Å². The highest BCUT2D eigenvalue weighted by molar-refractivity contribution is 14.0. The summed E-state index contributed by atoms with van der Waals surface area (Å²) in [5.74, 6) is 2.21. The van der Waals surface area contributed by atoms with Crippen LogP contribution in [0.3, 0.4) is 0 Å². The van der Waals surface area contributed by atoms with Gasteiger partial charge in [-0.1, -0.05) is 23.2 Å². The number of aryl methyl sites for hydroxylation is 1. The minimum Gasteiger partial charge on any atom is -0.493 e. The number of nitrogens with zero attached hydrogens (tertiary/aromatic N) is 4. The van der Waals surface area contributed by atoms with Crippen LogP contribution in [0.5, 0.6) is 5.75 Å². The summed E-state index contributed by atoms with van der Waals surface area (Å²) < 4.78 is 7.73. The Hall–Kier alpha value is -1.19. The molecule has 0 radical (unpaired) electrons. The highest BCUT2D eigenvalue weighted by Gasteiger charge is 2.22. The summed E-state index contributed by atoms with van der Waals surface area (Å²) in [6.07, 6.45) is 7.01. The SMILES string of the molecule is CN=C(NCCc1cnn(C)c1)N1CCC(COc2cc(Cl)cc(Cl)c2)CC1.I. The van der Waals surface area contributed by atoms with Crippen molar-refractivity contribution in [3.8, 4) is 5.75 Å². The minimum atomic E-state index is 0. The average Bonchev–Trinajstić information content (AvgIpc) is 3.08. The van der Waals surface area contributed by atoms with Crippen LogP contribution in [0.25, 0.3) is 0 Å². The lowest BCUT2D eigenvalue weighted by atomic mass is 9.98. The van der Waals surface area contributed by atoms with Crippen molar-refractivity contribution in [2.24, 2.45) is 18.0 Å². The number of ether oxygens (including phenoxy) is 1. The molecule has 1 aromatic carbocycles. The van der Waals surface area contributed by atoms with Gasteiger partial charge in [-0.15, -0.1) is 24.0 Å². The summed E-state index contributed by atoms with van der Waals surface area (Å²) in [6.45, 7) is 3.46. The Labute approximate surface area is 199 Å². The van der Waals surface area contributed by atoms with E-state index in [1.807, 2.05) is 31.2 Å². The standard InChI is InChI=1S/C20H27Cl2N5O.HI/c1-23-20(24-6-3-16-12-25-26(2)13-16)27-7-4-15(5-8-27)14-28-19-10-17(21)9-18(22)11-19;/h9-13,15H,3-8,14H2,1-2H3,(H,23,24);1H. The fourth-order valence-electron chi connectivity index (χ4n) is 3.39. The number of aliphatic imine (C=N–C) groups is 1. The van der Waals surface area contributed by atoms with Gasteiger partial charge in [0, 0.05) is 50.0 Å². The molecule has 1 N–H and O–H groups in total. The highest BCUT2D eigenvalue weighted by Crippen LogP contribution is 2.26. The second-order valence-electron chi connectivity index (χ2n) is 7.09. The second kappa shape index (κ2) is 11.9. The number of rotatable bonds is 6. The van der Waals surface area contributed by atoms with Gasteiger partial charge in [0.15, 0.2) is 5.96 Å². The quantitative estimate of drug-likeness (QED) is 0.331. The Morgan fingerprint density at radius 1 is 1.24 bits per heavy atom. The maximum atomic E-state index is 6.03. The zero-order valence-corrected chi connectivity index (χ0v) is 20.6. The number of halogens is 3. The van der Waals surface area contributed by atoms with Crippen LogP contribution in [0.1, 0.15) is 18.4 Å². The zero-order valence-electron chi connectivity index (χ0n) is 16.8. The number of benzene rings is 1. The molecule has 1 saturated heterocycles. The maximum Gasteiger partial charge on any atom is 0.193 e. The topological polar surface area (TPSA) is 54.7 Å². The first kappa shape index (κ1) is 24.1. The largest absolute Gasteiger partial charge is 0.493 e. The third-order valence-corrected chi connectivity index (χ3v) is 5.34. The summed E-state index contributed by atoms with van der Waals surface area (Å²) in [6, 6.07) is 5.31. The van der Waals surface area contributed by atoms with Crippen LogP contribution in [0.15, 0.2) is 35.6 Å². The molecule has 2 aromatic rings. The lowest BCUT2D eigenvalue weighted by molar-refractivity contribution is 0.179. The van der Waals surface area contributed by atoms with Crippen LogP contribution in [-0.2, 0) is 13.5 Å². The number of nitrogens with one attached hydrogen (secondary N) is 1. The number of hydrogen-bond acceptors (Lipinski definition) is 3. The van der Waals surface area contributed by atoms with E-state index >= 15 is 0 Å². The third kappa shape index (κ3) is 7.53. The average molecular weight is 552 g/mol. The van der Waals surface area contributed by atoms with E-state index in [0.717, 1.165) is 50.6 Å². The normalized spacial score (nSPS) is 15.2. The van der Waals surface area contributed by atoms with Gasteiger partial charge in [0.25, 0.3) is 0 Å². The molecule has 1 aliphatic rings. The number of aromatic nitrogens is 2. The lowest BCUT2D eigenvalue weighted by Gasteiger charge is -2.34. The van der Waals surface area contributed by atoms with Gasteiger partial charge < -0.3 is 15.0 Å². The Bertz CT molecular complexity index is 786. The van der Waals surface area contributed by atoms with Crippen LogP contribution in [0, 0.1) is 5.92 Å². The van der Waals surface area contributed by atoms with Crippen molar-refractivity contribution < 1.29 is 4.74 Å². The van der Waals surface area contributed by atoms with Crippen molar-refractivity contribution in [2.75, 3.05) is 33.3 Å². The van der Waals surface area contributed by atoms with Crippen molar-refractivity contribution in [1.29, 1.82) is 0 Å². The van der Waals surface area contributed by atoms with Crippen LogP contribution >= 0.6 is 47.2 Å². The molecule has 1 aliphatic heterocycles. The molecule has 0 amide bonds.